The average molecular weight is 94.0 g/mol. The van der Waals surface area contributed by atoms with Crippen LogP contribution in [-0.4, -0.2) is 11.1 Å². The Kier molecular flexibility index (Phi) is 6.13. The third-order valence-electron chi connectivity index (χ3n) is 0.422. The molecule has 0 aromatic heterocycles. The van der Waals surface area contributed by atoms with Gasteiger partial charge < -0.3 is 12.0 Å². The van der Waals surface area contributed by atoms with Crippen LogP contribution in [0.2, 0.25) is 0 Å². The van der Waals surface area contributed by atoms with E-state index < -0.39 is 11.9 Å². The molecule has 2 nitrogen and oxygen atoms in total. The maximum Gasteiger partial charge on any atom is 1.00 e. The maximum absolute atomic E-state index is 9.64. The van der Waals surface area contributed by atoms with Gasteiger partial charge in [-0.15, -0.1) is 0 Å². The van der Waals surface area contributed by atoms with E-state index >= 15 is 0 Å². The van der Waals surface area contributed by atoms with Crippen LogP contribution in [0.15, 0.2) is 0 Å². The molecule has 0 aliphatic carbocycles. The molecule has 0 bridgehead atoms. The Morgan fingerprint density at radius 3 is 2.00 bits per heavy atom. The van der Waals surface area contributed by atoms with Gasteiger partial charge in [-0.05, 0) is 0 Å². The van der Waals surface area contributed by atoms with Crippen molar-refractivity contribution in [2.45, 2.75) is 6.92 Å². The quantitative estimate of drug-likeness (QED) is 0.289. The summed E-state index contributed by atoms with van der Waals surface area (Å²) in [5.41, 5.74) is 0. The van der Waals surface area contributed by atoms with E-state index in [-0.39, 0.29) is 18.9 Å². The Balaban J connectivity index is 0. The smallest absolute Gasteiger partial charge is 0.483 e. The molecule has 0 saturated heterocycles. The van der Waals surface area contributed by atoms with Gasteiger partial charge >= 0.3 is 18.9 Å². The molecule has 0 aromatic rings. The fourth-order valence-corrected chi connectivity index (χ4v) is 0. The Morgan fingerprint density at radius 2 is 2.00 bits per heavy atom. The normalized spacial score (nSPS) is 11.7. The molecule has 1 N–H and O–H groups in total. The first-order valence-electron chi connectivity index (χ1n) is 1.70. The number of hydrogen-bond donors (Lipinski definition) is 1. The van der Waals surface area contributed by atoms with Crippen molar-refractivity contribution < 1.29 is 28.8 Å². The first-order chi connectivity index (χ1) is 2.64. The molecule has 7 heavy (non-hydrogen) atoms. The summed E-state index contributed by atoms with van der Waals surface area (Å²) in [5.74, 6) is -1.33. The molecular formula is C4H7LiO2. The van der Waals surface area contributed by atoms with Crippen LogP contribution in [0, 0.1) is 12.8 Å². The molecule has 0 amide bonds. The Labute approximate surface area is 55.1 Å². The zero-order chi connectivity index (χ0) is 5.15. The molecule has 3 heteroatoms. The molecule has 0 aliphatic heterocycles. The third-order valence-corrected chi connectivity index (χ3v) is 0.422. The fourth-order valence-electron chi connectivity index (χ4n) is 0. The summed E-state index contributed by atoms with van der Waals surface area (Å²) in [6, 6.07) is 0. The van der Waals surface area contributed by atoms with Gasteiger partial charge in [0.1, 0.15) is 0 Å². The van der Waals surface area contributed by atoms with Gasteiger partial charge in [-0.2, -0.15) is 0 Å². The van der Waals surface area contributed by atoms with E-state index in [4.69, 9.17) is 5.11 Å². The summed E-state index contributed by atoms with van der Waals surface area (Å²) in [6.45, 7) is 4.77. The number of carbonyl (C=O) groups is 1. The largest absolute Gasteiger partial charge is 1.00 e. The van der Waals surface area contributed by atoms with Crippen LogP contribution in [-0.2, 0) is 4.79 Å². The van der Waals surface area contributed by atoms with Crippen molar-refractivity contribution >= 4 is 5.97 Å². The second-order valence-corrected chi connectivity index (χ2v) is 1.24. The zero-order valence-electron chi connectivity index (χ0n) is 4.64. The van der Waals surface area contributed by atoms with Gasteiger partial charge in [0.15, 0.2) is 0 Å². The van der Waals surface area contributed by atoms with Gasteiger partial charge in [0.2, 0.25) is 0 Å². The third kappa shape index (κ3) is 6.07. The van der Waals surface area contributed by atoms with Crippen LogP contribution in [0.3, 0.4) is 0 Å². The molecule has 0 saturated carbocycles. The average Bonchev–Trinajstić information content (AvgIpc) is 1.36. The van der Waals surface area contributed by atoms with Gasteiger partial charge in [-0.1, -0.05) is 12.8 Å². The topological polar surface area (TPSA) is 37.3 Å². The summed E-state index contributed by atoms with van der Waals surface area (Å²) in [4.78, 5) is 9.64. The first kappa shape index (κ1) is 10.1. The molecule has 0 aliphatic rings. The monoisotopic (exact) mass is 94.1 g/mol. The number of carboxylic acids is 1. The summed E-state index contributed by atoms with van der Waals surface area (Å²) in [6.07, 6.45) is 0. The van der Waals surface area contributed by atoms with Gasteiger partial charge in [-0.3, -0.25) is 4.79 Å². The van der Waals surface area contributed by atoms with Gasteiger partial charge in [-0.25, -0.2) is 0 Å². The molecule has 0 radical (unpaired) electrons. The van der Waals surface area contributed by atoms with E-state index in [0.29, 0.717) is 0 Å². The molecule has 1 unspecified atom stereocenters. The molecular weight excluding hydrogens is 87.0 g/mol. The summed E-state index contributed by atoms with van der Waals surface area (Å²) < 4.78 is 0. The molecule has 0 rings (SSSR count). The molecule has 0 heterocycles. The van der Waals surface area contributed by atoms with E-state index in [1.807, 2.05) is 0 Å². The van der Waals surface area contributed by atoms with E-state index in [9.17, 15) is 4.79 Å². The van der Waals surface area contributed by atoms with Crippen molar-refractivity contribution in [3.8, 4) is 0 Å². The molecule has 36 valence electrons. The minimum Gasteiger partial charge on any atom is -0.483 e. The Hall–Kier alpha value is 0.0674. The predicted octanol–water partition coefficient (Wildman–Crippen LogP) is -2.45. The Bertz CT molecular complexity index is 60.7. The van der Waals surface area contributed by atoms with Crippen molar-refractivity contribution in [2.75, 3.05) is 0 Å². The van der Waals surface area contributed by atoms with Crippen molar-refractivity contribution in [3.63, 3.8) is 0 Å². The van der Waals surface area contributed by atoms with Crippen LogP contribution in [0.4, 0.5) is 0 Å². The number of hydrogen-bond acceptors (Lipinski definition) is 1. The van der Waals surface area contributed by atoms with Crippen molar-refractivity contribution in [3.05, 3.63) is 6.92 Å². The van der Waals surface area contributed by atoms with Gasteiger partial charge in [0.05, 0.1) is 0 Å². The summed E-state index contributed by atoms with van der Waals surface area (Å²) in [5, 5.41) is 7.93. The zero-order valence-corrected chi connectivity index (χ0v) is 4.64. The number of aliphatic carboxylic acids is 1. The standard InChI is InChI=1S/C4H7O2.Li/c1-3(2)4(5)6;/h3H,1H2,2H3,(H,5,6);/q-1;+1. The molecule has 0 aromatic carbocycles. The fraction of sp³-hybridized carbons (Fsp3) is 0.500. The SMILES string of the molecule is [CH2-]C(C)C(=O)O.[Li+]. The minimum atomic E-state index is -0.852. The van der Waals surface area contributed by atoms with Crippen LogP contribution >= 0.6 is 0 Å². The second kappa shape index (κ2) is 4.23. The summed E-state index contributed by atoms with van der Waals surface area (Å²) >= 11 is 0. The van der Waals surface area contributed by atoms with Crippen LogP contribution < -0.4 is 18.9 Å². The molecule has 0 spiro atoms. The number of carboxylic acid groups (broad SMARTS) is 1. The van der Waals surface area contributed by atoms with E-state index in [0.717, 1.165) is 0 Å². The van der Waals surface area contributed by atoms with Crippen LogP contribution in [0.1, 0.15) is 6.92 Å². The van der Waals surface area contributed by atoms with E-state index in [2.05, 4.69) is 6.92 Å². The van der Waals surface area contributed by atoms with Crippen molar-refractivity contribution in [2.24, 2.45) is 5.92 Å². The van der Waals surface area contributed by atoms with E-state index in [1.54, 1.807) is 0 Å². The second-order valence-electron chi connectivity index (χ2n) is 1.24. The van der Waals surface area contributed by atoms with Gasteiger partial charge in [0, 0.05) is 0 Å². The van der Waals surface area contributed by atoms with Crippen molar-refractivity contribution in [1.82, 2.24) is 0 Å². The number of rotatable bonds is 1. The summed E-state index contributed by atoms with van der Waals surface area (Å²) in [7, 11) is 0. The Morgan fingerprint density at radius 1 is 1.86 bits per heavy atom. The predicted molar refractivity (Wildman–Crippen MR) is 22.2 cm³/mol. The van der Waals surface area contributed by atoms with Crippen LogP contribution in [0.25, 0.3) is 0 Å². The van der Waals surface area contributed by atoms with Crippen LogP contribution in [0.5, 0.6) is 0 Å². The molecule has 1 atom stereocenters. The van der Waals surface area contributed by atoms with Gasteiger partial charge in [0.25, 0.3) is 5.97 Å². The minimum absolute atomic E-state index is 0. The molecule has 0 fully saturated rings. The maximum atomic E-state index is 9.64. The first-order valence-corrected chi connectivity index (χ1v) is 1.70. The van der Waals surface area contributed by atoms with Crippen molar-refractivity contribution in [1.29, 1.82) is 0 Å². The van der Waals surface area contributed by atoms with E-state index in [1.165, 1.54) is 6.92 Å².